The zero-order valence-corrected chi connectivity index (χ0v) is 32.4. The van der Waals surface area contributed by atoms with Gasteiger partial charge in [0.15, 0.2) is 5.78 Å². The Morgan fingerprint density at radius 1 is 1.07 bits per heavy atom. The van der Waals surface area contributed by atoms with Crippen molar-refractivity contribution in [3.63, 3.8) is 0 Å². The van der Waals surface area contributed by atoms with Crippen molar-refractivity contribution in [2.45, 2.75) is 89.0 Å². The predicted octanol–water partition coefficient (Wildman–Crippen LogP) is 5.03. The van der Waals surface area contributed by atoms with Crippen molar-refractivity contribution in [1.82, 2.24) is 0 Å². The molecular weight excluding hydrogens is 732 g/mol. The third-order valence-corrected chi connectivity index (χ3v) is 13.6. The normalized spacial score (nSPS) is 32.1. The number of carboxylic acids is 1. The van der Waals surface area contributed by atoms with Crippen LogP contribution < -0.4 is 4.74 Å². The highest BCUT2D eigenvalue weighted by Crippen LogP contribution is 2.63. The molecule has 1 saturated carbocycles. The number of benzene rings is 3. The van der Waals surface area contributed by atoms with E-state index < -0.39 is 48.5 Å². The van der Waals surface area contributed by atoms with Crippen LogP contribution >= 0.6 is 0 Å². The van der Waals surface area contributed by atoms with Gasteiger partial charge in [-0.25, -0.2) is 4.79 Å². The number of ether oxygens (including phenoxy) is 4. The Morgan fingerprint density at radius 3 is 2.60 bits per heavy atom. The van der Waals surface area contributed by atoms with E-state index in [1.807, 2.05) is 30.3 Å². The number of carboxylic acid groups (broad SMARTS) is 1. The maximum Gasteiger partial charge on any atom is 0.335 e. The summed E-state index contributed by atoms with van der Waals surface area (Å²) in [6.45, 7) is 4.73. The number of aromatic carboxylic acids is 1. The van der Waals surface area contributed by atoms with Gasteiger partial charge in [-0.05, 0) is 109 Å². The number of aliphatic hydroxyl groups excluding tert-OH is 4. The Morgan fingerprint density at radius 2 is 1.86 bits per heavy atom. The fourth-order valence-electron chi connectivity index (χ4n) is 10.9. The van der Waals surface area contributed by atoms with E-state index >= 15 is 0 Å². The SMILES string of the molecule is Cc1cc2cc(C(=O)O)cc(O[C@@H]3O[C@H](CO)[C@]4(C[C@@H]5C6=C(CC=C6[C@]6(CCCO)COCC[C@H]6[C@@H]5C)CO4)[C@H](O)[C@H]3O)c2c(O)c1C(=O)CCc1ccccc1. The summed E-state index contributed by atoms with van der Waals surface area (Å²) in [5, 5.41) is 66.9. The van der Waals surface area contributed by atoms with Crippen LogP contribution in [0.25, 0.3) is 10.8 Å². The quantitative estimate of drug-likeness (QED) is 0.142. The van der Waals surface area contributed by atoms with Gasteiger partial charge in [-0.15, -0.1) is 0 Å². The zero-order valence-electron chi connectivity index (χ0n) is 32.4. The fraction of sp³-hybridized carbons (Fsp3) is 0.511. The monoisotopic (exact) mass is 784 g/mol. The number of allylic oxidation sites excluding steroid dienone is 2. The lowest BCUT2D eigenvalue weighted by atomic mass is 9.51. The third kappa shape index (κ3) is 6.59. The summed E-state index contributed by atoms with van der Waals surface area (Å²) in [4.78, 5) is 25.9. The molecule has 3 heterocycles. The highest BCUT2D eigenvalue weighted by atomic mass is 16.7. The molecule has 3 aromatic carbocycles. The average molecular weight is 785 g/mol. The van der Waals surface area contributed by atoms with E-state index in [9.17, 15) is 40.2 Å². The topological polar surface area (TPSA) is 192 Å². The number of aryl methyl sites for hydroxylation is 2. The van der Waals surface area contributed by atoms with Crippen LogP contribution in [0.15, 0.2) is 71.3 Å². The molecule has 2 aliphatic carbocycles. The first-order valence-electron chi connectivity index (χ1n) is 20.1. The second-order valence-corrected chi connectivity index (χ2v) is 16.6. The molecular formula is C45H52O12. The van der Waals surface area contributed by atoms with Crippen LogP contribution in [-0.4, -0.2) is 106 Å². The number of phenolic OH excluding ortho intramolecular Hbond substituents is 1. The molecule has 304 valence electrons. The minimum Gasteiger partial charge on any atom is -0.506 e. The zero-order chi connectivity index (χ0) is 40.2. The number of ketones is 1. The van der Waals surface area contributed by atoms with Crippen LogP contribution in [0.2, 0.25) is 0 Å². The van der Waals surface area contributed by atoms with Crippen LogP contribution in [0, 0.1) is 30.1 Å². The Hall–Kier alpha value is -4.14. The summed E-state index contributed by atoms with van der Waals surface area (Å²) in [5.74, 6) is -1.90. The smallest absolute Gasteiger partial charge is 0.335 e. The van der Waals surface area contributed by atoms with Gasteiger partial charge in [0.2, 0.25) is 6.29 Å². The summed E-state index contributed by atoms with van der Waals surface area (Å²) in [5.41, 5.74) is 3.01. The lowest BCUT2D eigenvalue weighted by Crippen LogP contribution is -2.69. The number of fused-ring (bicyclic) bond motifs is 3. The number of carbonyl (C=O) groups is 2. The summed E-state index contributed by atoms with van der Waals surface area (Å²) < 4.78 is 25.3. The van der Waals surface area contributed by atoms with E-state index in [1.165, 1.54) is 23.3 Å². The summed E-state index contributed by atoms with van der Waals surface area (Å²) in [6.07, 6.45) is -0.110. The molecule has 1 spiro atoms. The lowest BCUT2D eigenvalue weighted by molar-refractivity contribution is -0.325. The first-order chi connectivity index (χ1) is 27.4. The van der Waals surface area contributed by atoms with Gasteiger partial charge in [0.1, 0.15) is 35.4 Å². The summed E-state index contributed by atoms with van der Waals surface area (Å²) in [7, 11) is 0. The molecule has 0 bridgehead atoms. The molecule has 0 radical (unpaired) electrons. The Kier molecular flexibility index (Phi) is 10.8. The van der Waals surface area contributed by atoms with Crippen molar-refractivity contribution < 1.29 is 59.2 Å². The molecule has 2 saturated heterocycles. The molecule has 3 fully saturated rings. The molecule has 6 N–H and O–H groups in total. The number of aliphatic hydroxyl groups is 4. The van der Waals surface area contributed by atoms with Crippen molar-refractivity contribution in [3.8, 4) is 11.5 Å². The highest BCUT2D eigenvalue weighted by molar-refractivity contribution is 6.09. The summed E-state index contributed by atoms with van der Waals surface area (Å²) >= 11 is 0. The highest BCUT2D eigenvalue weighted by Gasteiger charge is 2.63. The van der Waals surface area contributed by atoms with Crippen molar-refractivity contribution in [1.29, 1.82) is 0 Å². The second-order valence-electron chi connectivity index (χ2n) is 16.6. The van der Waals surface area contributed by atoms with Gasteiger partial charge in [0.25, 0.3) is 0 Å². The Bertz CT molecular complexity index is 2110. The Balaban J connectivity index is 1.11. The number of hydrogen-bond donors (Lipinski definition) is 6. The molecule has 0 amide bonds. The number of carbonyl (C=O) groups excluding carboxylic acids is 1. The number of phenols is 1. The molecule has 9 atom stereocenters. The van der Waals surface area contributed by atoms with Crippen molar-refractivity contribution in [2.75, 3.05) is 33.0 Å². The van der Waals surface area contributed by atoms with E-state index in [-0.39, 0.29) is 82.7 Å². The largest absolute Gasteiger partial charge is 0.506 e. The first kappa shape index (κ1) is 39.7. The molecule has 57 heavy (non-hydrogen) atoms. The van der Waals surface area contributed by atoms with E-state index in [0.29, 0.717) is 38.0 Å². The van der Waals surface area contributed by atoms with Crippen molar-refractivity contribution >= 4 is 22.5 Å². The van der Waals surface area contributed by atoms with Crippen molar-refractivity contribution in [2.24, 2.45) is 23.2 Å². The van der Waals surface area contributed by atoms with E-state index in [1.54, 1.807) is 13.0 Å². The van der Waals surface area contributed by atoms with E-state index in [4.69, 9.17) is 18.9 Å². The molecule has 12 nitrogen and oxygen atoms in total. The van der Waals surface area contributed by atoms with Gasteiger partial charge in [-0.2, -0.15) is 0 Å². The van der Waals surface area contributed by atoms with Crippen LogP contribution in [0.3, 0.4) is 0 Å². The van der Waals surface area contributed by atoms with Gasteiger partial charge in [-0.1, -0.05) is 49.4 Å². The van der Waals surface area contributed by atoms with Gasteiger partial charge in [0, 0.05) is 25.0 Å². The average Bonchev–Trinajstić information content (AvgIpc) is 3.57. The predicted molar refractivity (Wildman–Crippen MR) is 208 cm³/mol. The van der Waals surface area contributed by atoms with Gasteiger partial charge in [-0.3, -0.25) is 4.79 Å². The Labute approximate surface area is 331 Å². The third-order valence-electron chi connectivity index (χ3n) is 13.6. The lowest BCUT2D eigenvalue weighted by Gasteiger charge is -2.57. The van der Waals surface area contributed by atoms with Crippen molar-refractivity contribution in [3.05, 3.63) is 93.6 Å². The van der Waals surface area contributed by atoms with E-state index in [2.05, 4.69) is 13.0 Å². The van der Waals surface area contributed by atoms with Crippen LogP contribution in [0.1, 0.15) is 77.3 Å². The number of aromatic hydroxyl groups is 1. The van der Waals surface area contributed by atoms with Gasteiger partial charge >= 0.3 is 5.97 Å². The molecule has 3 aliphatic heterocycles. The van der Waals surface area contributed by atoms with Crippen LogP contribution in [-0.2, 0) is 20.6 Å². The minimum absolute atomic E-state index is 0.0441. The standard InChI is InChI=1S/C45H52O12/c1-24-17-28-18-29(42(52)53)19-34(38(28)39(49)36(24)33(48)12-9-26-7-4-3-5-8-26)56-43-40(50)41(51)45(35(21-47)57-43)20-30-25(2)31-13-16-54-23-44(31,14-6-15-46)32-11-10-27(22-55-45)37(30)32/h3-5,7-8,11,17-19,25,30-31,35,40-41,43,46-47,49-51H,6,9-10,12-16,20-23H2,1-2H3,(H,52,53)/t25-,30+,31+,35-,40-,41-,43-,44-,45-/m1/s1. The van der Waals surface area contributed by atoms with E-state index in [0.717, 1.165) is 24.0 Å². The second kappa shape index (κ2) is 15.6. The summed E-state index contributed by atoms with van der Waals surface area (Å²) in [6, 6.07) is 13.6. The molecule has 0 aromatic heterocycles. The molecule has 12 heteroatoms. The molecule has 5 aliphatic rings. The number of hydrogen-bond acceptors (Lipinski definition) is 11. The maximum absolute atomic E-state index is 13.6. The number of Topliss-reactive ketones (excluding diaryl/α,β-unsaturated/α-hetero) is 1. The number of rotatable bonds is 11. The van der Waals surface area contributed by atoms with Gasteiger partial charge in [0.05, 0.1) is 36.3 Å². The van der Waals surface area contributed by atoms with Gasteiger partial charge < -0.3 is 49.6 Å². The molecule has 0 unspecified atom stereocenters. The van der Waals surface area contributed by atoms with Crippen LogP contribution in [0.4, 0.5) is 0 Å². The fourth-order valence-corrected chi connectivity index (χ4v) is 10.9. The first-order valence-corrected chi connectivity index (χ1v) is 20.1. The minimum atomic E-state index is -1.73. The molecule has 8 rings (SSSR count). The van der Waals surface area contributed by atoms with Crippen LogP contribution in [0.5, 0.6) is 11.5 Å². The molecule has 3 aromatic rings. The maximum atomic E-state index is 13.6.